The summed E-state index contributed by atoms with van der Waals surface area (Å²) in [5.74, 6) is -0.949. The zero-order valence-electron chi connectivity index (χ0n) is 12.4. The molecule has 21 heavy (non-hydrogen) atoms. The third-order valence-corrected chi connectivity index (χ3v) is 3.08. The van der Waals surface area contributed by atoms with E-state index in [1.807, 2.05) is 0 Å². The second kappa shape index (κ2) is 12.5. The molecule has 124 valence electrons. The van der Waals surface area contributed by atoms with E-state index in [0.717, 1.165) is 0 Å². The van der Waals surface area contributed by atoms with E-state index in [4.69, 9.17) is 22.9 Å². The fourth-order valence-electron chi connectivity index (χ4n) is 1.58. The molecule has 0 spiro atoms. The van der Waals surface area contributed by atoms with Gasteiger partial charge in [-0.3, -0.25) is 9.59 Å². The largest absolute Gasteiger partial charge is 0.355 e. The highest BCUT2D eigenvalue weighted by molar-refractivity contribution is 5.79. The van der Waals surface area contributed by atoms with Crippen LogP contribution in [0.15, 0.2) is 0 Å². The lowest BCUT2D eigenvalue weighted by Gasteiger charge is -2.14. The van der Waals surface area contributed by atoms with Crippen LogP contribution < -0.4 is 38.9 Å². The smallest absolute Gasteiger partial charge is 0.225 e. The average Bonchev–Trinajstić information content (AvgIpc) is 2.48. The van der Waals surface area contributed by atoms with Gasteiger partial charge in [-0.05, 0) is 0 Å². The topological polar surface area (TPSA) is 174 Å². The maximum absolute atomic E-state index is 11.5. The van der Waals surface area contributed by atoms with Crippen molar-refractivity contribution in [3.05, 3.63) is 0 Å². The molecule has 0 bridgehead atoms. The van der Waals surface area contributed by atoms with Crippen LogP contribution in [0.4, 0.5) is 0 Å². The monoisotopic (exact) mass is 303 g/mol. The van der Waals surface area contributed by atoms with Crippen molar-refractivity contribution < 1.29 is 9.59 Å². The van der Waals surface area contributed by atoms with Gasteiger partial charge in [0.25, 0.3) is 0 Å². The predicted octanol–water partition coefficient (Wildman–Crippen LogP) is -4.12. The molecule has 0 aliphatic carbocycles. The minimum atomic E-state index is -0.339. The summed E-state index contributed by atoms with van der Waals surface area (Å²) in [6, 6.07) is 0. The number of nitrogens with two attached hydrogens (primary N) is 4. The van der Waals surface area contributed by atoms with Gasteiger partial charge in [0.15, 0.2) is 0 Å². The highest BCUT2D eigenvalue weighted by atomic mass is 16.2. The molecule has 0 aromatic heterocycles. The number of rotatable bonds is 12. The highest BCUT2D eigenvalue weighted by Gasteiger charge is 2.14. The van der Waals surface area contributed by atoms with Gasteiger partial charge in [0.05, 0.1) is 11.8 Å². The van der Waals surface area contributed by atoms with Crippen LogP contribution >= 0.6 is 0 Å². The van der Waals surface area contributed by atoms with E-state index in [1.165, 1.54) is 0 Å². The van der Waals surface area contributed by atoms with Crippen LogP contribution in [-0.2, 0) is 9.59 Å². The van der Waals surface area contributed by atoms with Crippen LogP contribution in [-0.4, -0.2) is 64.2 Å². The molecule has 0 radical (unpaired) electrons. The summed E-state index contributed by atoms with van der Waals surface area (Å²) >= 11 is 0. The second-order valence-corrected chi connectivity index (χ2v) is 4.67. The molecule has 0 aromatic rings. The standard InChI is InChI=1S/C12H29N7O2/c13-5-9(6-14)11(20)18-3-1-17-2-4-19-12(21)10(7-15)8-16/h9-10,17H,1-8,13-16H2,(H,18,20)(H,19,21). The molecular weight excluding hydrogens is 274 g/mol. The molecule has 0 rings (SSSR count). The molecule has 0 unspecified atom stereocenters. The Morgan fingerprint density at radius 2 is 1.00 bits per heavy atom. The van der Waals surface area contributed by atoms with E-state index in [-0.39, 0.29) is 49.8 Å². The van der Waals surface area contributed by atoms with Gasteiger partial charge in [-0.2, -0.15) is 0 Å². The molecule has 0 aromatic carbocycles. The van der Waals surface area contributed by atoms with Crippen LogP contribution in [0.3, 0.4) is 0 Å². The summed E-state index contributed by atoms with van der Waals surface area (Å²) in [5.41, 5.74) is 21.7. The van der Waals surface area contributed by atoms with Gasteiger partial charge in [-0.25, -0.2) is 0 Å². The number of hydrogen-bond donors (Lipinski definition) is 7. The zero-order chi connectivity index (χ0) is 16.1. The van der Waals surface area contributed by atoms with Gasteiger partial charge in [-0.15, -0.1) is 0 Å². The quantitative estimate of drug-likeness (QED) is 0.179. The van der Waals surface area contributed by atoms with Crippen molar-refractivity contribution in [1.82, 2.24) is 16.0 Å². The number of nitrogens with one attached hydrogen (secondary N) is 3. The first-order valence-electron chi connectivity index (χ1n) is 7.17. The lowest BCUT2D eigenvalue weighted by Crippen LogP contribution is -2.43. The zero-order valence-corrected chi connectivity index (χ0v) is 12.4. The third kappa shape index (κ3) is 8.58. The Balaban J connectivity index is 3.57. The summed E-state index contributed by atoms with van der Waals surface area (Å²) in [6.45, 7) is 3.13. The first kappa shape index (κ1) is 19.7. The summed E-state index contributed by atoms with van der Waals surface area (Å²) in [7, 11) is 0. The third-order valence-electron chi connectivity index (χ3n) is 3.08. The molecule has 2 amide bonds. The second-order valence-electron chi connectivity index (χ2n) is 4.67. The van der Waals surface area contributed by atoms with Gasteiger partial charge >= 0.3 is 0 Å². The van der Waals surface area contributed by atoms with Crippen molar-refractivity contribution >= 4 is 11.8 Å². The predicted molar refractivity (Wildman–Crippen MR) is 82.1 cm³/mol. The van der Waals surface area contributed by atoms with E-state index in [1.54, 1.807) is 0 Å². The minimum Gasteiger partial charge on any atom is -0.355 e. The van der Waals surface area contributed by atoms with Gasteiger partial charge in [0, 0.05) is 52.4 Å². The Bertz CT molecular complexity index is 265. The summed E-state index contributed by atoms with van der Waals surface area (Å²) in [6.07, 6.45) is 0. The first-order valence-corrected chi connectivity index (χ1v) is 7.17. The molecule has 0 saturated heterocycles. The summed E-state index contributed by atoms with van der Waals surface area (Å²) < 4.78 is 0. The van der Waals surface area contributed by atoms with Gasteiger partial charge in [0.1, 0.15) is 0 Å². The maximum Gasteiger partial charge on any atom is 0.225 e. The number of amides is 2. The van der Waals surface area contributed by atoms with Crippen molar-refractivity contribution in [3.63, 3.8) is 0 Å². The molecule has 11 N–H and O–H groups in total. The molecule has 9 heteroatoms. The molecule has 9 nitrogen and oxygen atoms in total. The summed E-state index contributed by atoms with van der Waals surface area (Å²) in [4.78, 5) is 23.1. The number of hydrogen-bond acceptors (Lipinski definition) is 7. The molecule has 0 aliphatic heterocycles. The van der Waals surface area contributed by atoms with Crippen LogP contribution in [0.5, 0.6) is 0 Å². The highest BCUT2D eigenvalue weighted by Crippen LogP contribution is 1.89. The Labute approximate surface area is 125 Å². The van der Waals surface area contributed by atoms with Crippen molar-refractivity contribution in [2.45, 2.75) is 0 Å². The van der Waals surface area contributed by atoms with Gasteiger partial charge < -0.3 is 38.9 Å². The fraction of sp³-hybridized carbons (Fsp3) is 0.833. The van der Waals surface area contributed by atoms with Crippen LogP contribution in [0.25, 0.3) is 0 Å². The average molecular weight is 303 g/mol. The Morgan fingerprint density at radius 1 is 0.667 bits per heavy atom. The molecule has 0 aliphatic rings. The van der Waals surface area contributed by atoms with Crippen LogP contribution in [0.1, 0.15) is 0 Å². The lowest BCUT2D eigenvalue weighted by molar-refractivity contribution is -0.125. The van der Waals surface area contributed by atoms with Crippen molar-refractivity contribution in [3.8, 4) is 0 Å². The van der Waals surface area contributed by atoms with E-state index >= 15 is 0 Å². The van der Waals surface area contributed by atoms with Gasteiger partial charge in [-0.1, -0.05) is 0 Å². The normalized spacial score (nSPS) is 11.0. The number of carbonyl (C=O) groups is 2. The number of carbonyl (C=O) groups excluding carboxylic acids is 2. The molecular formula is C12H29N7O2. The molecule has 0 atom stereocenters. The van der Waals surface area contributed by atoms with Crippen molar-refractivity contribution in [1.29, 1.82) is 0 Å². The lowest BCUT2D eigenvalue weighted by atomic mass is 10.1. The molecule has 0 fully saturated rings. The first-order chi connectivity index (χ1) is 10.1. The SMILES string of the molecule is NCC(CN)C(=O)NCCNCCNC(=O)C(CN)CN. The van der Waals surface area contributed by atoms with Crippen molar-refractivity contribution in [2.75, 3.05) is 52.4 Å². The van der Waals surface area contributed by atoms with Gasteiger partial charge in [0.2, 0.25) is 11.8 Å². The molecule has 0 saturated carbocycles. The Morgan fingerprint density at radius 3 is 1.29 bits per heavy atom. The summed E-state index contributed by atoms with van der Waals surface area (Å²) in [5, 5.41) is 8.57. The van der Waals surface area contributed by atoms with E-state index in [2.05, 4.69) is 16.0 Å². The fourth-order valence-corrected chi connectivity index (χ4v) is 1.58. The van der Waals surface area contributed by atoms with Crippen LogP contribution in [0.2, 0.25) is 0 Å². The van der Waals surface area contributed by atoms with E-state index in [0.29, 0.717) is 26.2 Å². The maximum atomic E-state index is 11.5. The Hall–Kier alpha value is -1.26. The van der Waals surface area contributed by atoms with Crippen molar-refractivity contribution in [2.24, 2.45) is 34.8 Å². The molecule has 0 heterocycles. The van der Waals surface area contributed by atoms with E-state index in [9.17, 15) is 9.59 Å². The minimum absolute atomic E-state index is 0.135. The van der Waals surface area contributed by atoms with Crippen LogP contribution in [0, 0.1) is 11.8 Å². The Kier molecular flexibility index (Phi) is 11.7. The van der Waals surface area contributed by atoms with E-state index < -0.39 is 0 Å².